The third kappa shape index (κ3) is 38.3. The predicted molar refractivity (Wildman–Crippen MR) is 238 cm³/mol. The number of hydrogen-bond acceptors (Lipinski definition) is 7. The molecule has 0 radical (unpaired) electrons. The largest absolute Gasteiger partial charge is 0.462 e. The summed E-state index contributed by atoms with van der Waals surface area (Å²) in [7, 11) is 0. The van der Waals surface area contributed by atoms with Gasteiger partial charge in [0, 0.05) is 26.0 Å². The summed E-state index contributed by atoms with van der Waals surface area (Å²) in [5, 5.41) is 20.2. The lowest BCUT2D eigenvalue weighted by Crippen LogP contribution is -2.34. The molecule has 3 unspecified atom stereocenters. The zero-order valence-electron chi connectivity index (χ0n) is 38.0. The Morgan fingerprint density at radius 2 is 0.750 bits per heavy atom. The Hall–Kier alpha value is -1.18. The second-order valence-electron chi connectivity index (χ2n) is 17.2. The summed E-state index contributed by atoms with van der Waals surface area (Å²) in [5.41, 5.74) is 0. The Morgan fingerprint density at radius 3 is 1.18 bits per heavy atom. The van der Waals surface area contributed by atoms with Gasteiger partial charge in [-0.25, -0.2) is 0 Å². The fourth-order valence-electron chi connectivity index (χ4n) is 7.83. The van der Waals surface area contributed by atoms with E-state index >= 15 is 0 Å². The average molecular weight is 796 g/mol. The molecular formula is C49H97NO6. The fraction of sp³-hybridized carbons (Fsp3) is 0.959. The molecule has 0 aromatic carbocycles. The zero-order chi connectivity index (χ0) is 41.2. The molecule has 2 N–H and O–H groups in total. The number of nitrogens with zero attached hydrogens (tertiary/aromatic N) is 1. The van der Waals surface area contributed by atoms with Crippen molar-refractivity contribution in [3.8, 4) is 0 Å². The van der Waals surface area contributed by atoms with Crippen LogP contribution >= 0.6 is 0 Å². The summed E-state index contributed by atoms with van der Waals surface area (Å²) in [6, 6.07) is 0. The Bertz CT molecular complexity index is 824. The Balaban J connectivity index is 4.56. The highest BCUT2D eigenvalue weighted by molar-refractivity contribution is 5.69. The Morgan fingerprint density at radius 1 is 0.429 bits per heavy atom. The zero-order valence-corrected chi connectivity index (χ0v) is 38.0. The van der Waals surface area contributed by atoms with Crippen LogP contribution in [-0.4, -0.2) is 71.6 Å². The van der Waals surface area contributed by atoms with Gasteiger partial charge in [-0.15, -0.1) is 0 Å². The van der Waals surface area contributed by atoms with Crippen molar-refractivity contribution in [1.29, 1.82) is 0 Å². The van der Waals surface area contributed by atoms with Gasteiger partial charge < -0.3 is 24.6 Å². The van der Waals surface area contributed by atoms with Crippen molar-refractivity contribution < 1.29 is 29.3 Å². The normalized spacial score (nSPS) is 13.3. The lowest BCUT2D eigenvalue weighted by Gasteiger charge is -2.25. The number of unbranched alkanes of at least 4 members (excludes halogenated alkanes) is 22. The van der Waals surface area contributed by atoms with Crippen LogP contribution in [0.4, 0.5) is 0 Å². The number of aliphatic hydroxyl groups excluding tert-OH is 2. The van der Waals surface area contributed by atoms with Crippen LogP contribution in [0.3, 0.4) is 0 Å². The van der Waals surface area contributed by atoms with Gasteiger partial charge >= 0.3 is 11.9 Å². The van der Waals surface area contributed by atoms with Crippen molar-refractivity contribution in [3.05, 3.63) is 0 Å². The quantitative estimate of drug-likeness (QED) is 0.0468. The minimum atomic E-state index is -0.413. The van der Waals surface area contributed by atoms with Gasteiger partial charge in [0.2, 0.25) is 0 Å². The molecule has 0 amide bonds. The van der Waals surface area contributed by atoms with Crippen LogP contribution in [0.2, 0.25) is 0 Å². The van der Waals surface area contributed by atoms with Gasteiger partial charge in [-0.3, -0.25) is 9.59 Å². The number of carbonyl (C=O) groups is 2. The van der Waals surface area contributed by atoms with E-state index in [-0.39, 0.29) is 30.8 Å². The molecule has 0 aromatic rings. The second-order valence-corrected chi connectivity index (χ2v) is 17.2. The molecule has 0 aromatic heterocycles. The summed E-state index contributed by atoms with van der Waals surface area (Å²) in [6.07, 6.45) is 38.6. The van der Waals surface area contributed by atoms with E-state index in [9.17, 15) is 19.8 Å². The second kappa shape index (κ2) is 43.4. The minimum Gasteiger partial charge on any atom is -0.462 e. The molecule has 0 spiro atoms. The molecule has 3 atom stereocenters. The van der Waals surface area contributed by atoms with Gasteiger partial charge in [-0.05, 0) is 109 Å². The highest BCUT2D eigenvalue weighted by Gasteiger charge is 2.17. The standard InChI is InChI=1S/C49H97NO6/c1-5-9-13-17-19-26-37-46(35-24-15-11-7-3)55-48(53)39-28-21-22-31-41-50(42-32-23-33-43-51)44-45(52)34-29-30-40-49(54)56-47(36-25-16-12-8-4)38-27-20-18-14-10-6-2/h45-47,51-52H,5-44H2,1-4H3. The Labute approximate surface area is 348 Å². The molecule has 0 rings (SSSR count). The molecule has 0 saturated carbocycles. The first-order valence-electron chi connectivity index (χ1n) is 24.8. The molecule has 0 aliphatic heterocycles. The van der Waals surface area contributed by atoms with Crippen LogP contribution in [0.25, 0.3) is 0 Å². The third-order valence-electron chi connectivity index (χ3n) is 11.5. The lowest BCUT2D eigenvalue weighted by atomic mass is 10.0. The summed E-state index contributed by atoms with van der Waals surface area (Å²) in [5.74, 6) is -0.0890. The van der Waals surface area contributed by atoms with E-state index in [0.717, 1.165) is 122 Å². The van der Waals surface area contributed by atoms with Crippen molar-refractivity contribution >= 4 is 11.9 Å². The maximum absolute atomic E-state index is 12.8. The van der Waals surface area contributed by atoms with Crippen LogP contribution in [0, 0.1) is 0 Å². The molecule has 334 valence electrons. The van der Waals surface area contributed by atoms with Crippen molar-refractivity contribution in [2.24, 2.45) is 0 Å². The van der Waals surface area contributed by atoms with Crippen LogP contribution in [0.5, 0.6) is 0 Å². The molecule has 0 saturated heterocycles. The van der Waals surface area contributed by atoms with Crippen LogP contribution in [0.15, 0.2) is 0 Å². The van der Waals surface area contributed by atoms with E-state index in [1.807, 2.05) is 0 Å². The van der Waals surface area contributed by atoms with Crippen molar-refractivity contribution in [2.75, 3.05) is 26.2 Å². The molecule has 0 fully saturated rings. The Kier molecular flexibility index (Phi) is 42.5. The molecule has 0 heterocycles. The van der Waals surface area contributed by atoms with E-state index in [1.54, 1.807) is 0 Å². The van der Waals surface area contributed by atoms with Crippen molar-refractivity contribution in [1.82, 2.24) is 4.90 Å². The van der Waals surface area contributed by atoms with E-state index in [4.69, 9.17) is 9.47 Å². The predicted octanol–water partition coefficient (Wildman–Crippen LogP) is 13.6. The number of carbonyl (C=O) groups excluding carboxylic acids is 2. The molecule has 0 aliphatic rings. The summed E-state index contributed by atoms with van der Waals surface area (Å²) < 4.78 is 12.0. The van der Waals surface area contributed by atoms with Crippen molar-refractivity contribution in [3.63, 3.8) is 0 Å². The van der Waals surface area contributed by atoms with E-state index in [1.165, 1.54) is 103 Å². The van der Waals surface area contributed by atoms with Crippen LogP contribution in [-0.2, 0) is 19.1 Å². The number of hydrogen-bond donors (Lipinski definition) is 2. The van der Waals surface area contributed by atoms with Gasteiger partial charge in [0.1, 0.15) is 12.2 Å². The summed E-state index contributed by atoms with van der Waals surface area (Å²) in [6.45, 7) is 11.7. The highest BCUT2D eigenvalue weighted by atomic mass is 16.5. The van der Waals surface area contributed by atoms with E-state index in [2.05, 4.69) is 32.6 Å². The average Bonchev–Trinajstić information content (AvgIpc) is 3.18. The first kappa shape index (κ1) is 54.8. The first-order valence-corrected chi connectivity index (χ1v) is 24.8. The van der Waals surface area contributed by atoms with Crippen LogP contribution in [0.1, 0.15) is 259 Å². The SMILES string of the molecule is CCCCCCCCC(CCCCCC)OC(=O)CCCCCCN(CCCCCO)CC(O)CCCCC(=O)OC(CCCCCC)CCCCCCCC. The fourth-order valence-corrected chi connectivity index (χ4v) is 7.83. The number of ether oxygens (including phenoxy) is 2. The third-order valence-corrected chi connectivity index (χ3v) is 11.5. The van der Waals surface area contributed by atoms with Crippen molar-refractivity contribution in [2.45, 2.75) is 277 Å². The smallest absolute Gasteiger partial charge is 0.306 e. The first-order chi connectivity index (χ1) is 27.4. The lowest BCUT2D eigenvalue weighted by molar-refractivity contribution is -0.151. The van der Waals surface area contributed by atoms with Gasteiger partial charge in [0.05, 0.1) is 6.10 Å². The monoisotopic (exact) mass is 796 g/mol. The van der Waals surface area contributed by atoms with Gasteiger partial charge in [0.25, 0.3) is 0 Å². The van der Waals surface area contributed by atoms with Gasteiger partial charge in [-0.1, -0.05) is 150 Å². The number of esters is 2. The molecule has 7 nitrogen and oxygen atoms in total. The highest BCUT2D eigenvalue weighted by Crippen LogP contribution is 2.20. The summed E-state index contributed by atoms with van der Waals surface area (Å²) in [4.78, 5) is 27.9. The molecule has 7 heteroatoms. The molecular weight excluding hydrogens is 699 g/mol. The van der Waals surface area contributed by atoms with E-state index in [0.29, 0.717) is 25.8 Å². The maximum Gasteiger partial charge on any atom is 0.306 e. The van der Waals surface area contributed by atoms with Crippen LogP contribution < -0.4 is 0 Å². The van der Waals surface area contributed by atoms with Gasteiger partial charge in [0.15, 0.2) is 0 Å². The van der Waals surface area contributed by atoms with Gasteiger partial charge in [-0.2, -0.15) is 0 Å². The molecule has 0 bridgehead atoms. The number of aliphatic hydroxyl groups is 2. The van der Waals surface area contributed by atoms with E-state index < -0.39 is 6.10 Å². The minimum absolute atomic E-state index is 0.0197. The maximum atomic E-state index is 12.8. The summed E-state index contributed by atoms with van der Waals surface area (Å²) >= 11 is 0. The molecule has 56 heavy (non-hydrogen) atoms. The molecule has 0 aliphatic carbocycles. The topological polar surface area (TPSA) is 96.3 Å². The number of rotatable bonds is 45.